The van der Waals surface area contributed by atoms with Crippen molar-refractivity contribution in [3.63, 3.8) is 0 Å². The van der Waals surface area contributed by atoms with Crippen LogP contribution in [0.15, 0.2) is 30.3 Å². The molecule has 1 aromatic rings. The summed E-state index contributed by atoms with van der Waals surface area (Å²) in [5, 5.41) is 3.14. The fraction of sp³-hybridized carbons (Fsp3) is 0.538. The highest BCUT2D eigenvalue weighted by Crippen LogP contribution is 2.31. The largest absolute Gasteiger partial charge is 0.366 e. The maximum absolute atomic E-state index is 6.12. The fourth-order valence-corrected chi connectivity index (χ4v) is 2.25. The Morgan fingerprint density at radius 3 is 2.47 bits per heavy atom. The molecule has 3 atom stereocenters. The third kappa shape index (κ3) is 3.26. The van der Waals surface area contributed by atoms with Crippen LogP contribution in [0, 0.1) is 0 Å². The Kier molecular flexibility index (Phi) is 4.93. The number of rotatable bonds is 6. The second-order valence-corrected chi connectivity index (χ2v) is 4.64. The van der Waals surface area contributed by atoms with E-state index in [-0.39, 0.29) is 12.3 Å². The zero-order valence-corrected chi connectivity index (χ0v) is 11.3. The Morgan fingerprint density at radius 2 is 2.00 bits per heavy atom. The number of benzene rings is 1. The quantitative estimate of drug-likeness (QED) is 0.624. The van der Waals surface area contributed by atoms with Gasteiger partial charge in [0.1, 0.15) is 12.3 Å². The molecule has 1 aromatic carbocycles. The van der Waals surface area contributed by atoms with E-state index in [1.807, 2.05) is 25.2 Å². The Labute approximate surface area is 105 Å². The molecule has 4 heteroatoms. The van der Waals surface area contributed by atoms with Crippen molar-refractivity contribution in [3.8, 4) is 0 Å². The monoisotopic (exact) mass is 253 g/mol. The van der Waals surface area contributed by atoms with Gasteiger partial charge in [0, 0.05) is 9.47 Å². The second kappa shape index (κ2) is 6.46. The van der Waals surface area contributed by atoms with E-state index in [1.165, 1.54) is 6.42 Å². The summed E-state index contributed by atoms with van der Waals surface area (Å²) in [6.07, 6.45) is 3.80. The zero-order chi connectivity index (χ0) is 12.1. The predicted molar refractivity (Wildman–Crippen MR) is 71.5 cm³/mol. The van der Waals surface area contributed by atoms with Gasteiger partial charge in [-0.2, -0.15) is 0 Å². The normalized spacial score (nSPS) is 19.6. The van der Waals surface area contributed by atoms with Gasteiger partial charge in [-0.05, 0) is 31.9 Å². The Bertz CT molecular complexity index is 325. The maximum Gasteiger partial charge on any atom is 0.141 e. The van der Waals surface area contributed by atoms with Crippen LogP contribution < -0.4 is 5.32 Å². The first kappa shape index (κ1) is 13.0. The maximum atomic E-state index is 6.12. The molecular weight excluding hydrogens is 233 g/mol. The molecule has 0 spiro atoms. The molecular formula is C13H20NO2P. The van der Waals surface area contributed by atoms with Gasteiger partial charge in [0.15, 0.2) is 0 Å². The standard InChI is InChI=1S/C13H20NO2P/c1-14-13(16-17)12(15-11-8-5-9-11)10-6-3-2-4-7-10/h2-4,6-7,11-14H,5,8-9,17H2,1H3. The van der Waals surface area contributed by atoms with Crippen molar-refractivity contribution < 1.29 is 9.26 Å². The summed E-state index contributed by atoms with van der Waals surface area (Å²) in [5.74, 6) is 0. The molecule has 0 amide bonds. The van der Waals surface area contributed by atoms with Gasteiger partial charge in [-0.3, -0.25) is 5.32 Å². The van der Waals surface area contributed by atoms with Gasteiger partial charge in [0.25, 0.3) is 0 Å². The van der Waals surface area contributed by atoms with Gasteiger partial charge >= 0.3 is 0 Å². The molecule has 0 aromatic heterocycles. The zero-order valence-electron chi connectivity index (χ0n) is 10.1. The van der Waals surface area contributed by atoms with E-state index in [0.29, 0.717) is 6.10 Å². The van der Waals surface area contributed by atoms with Crippen molar-refractivity contribution in [2.75, 3.05) is 7.05 Å². The summed E-state index contributed by atoms with van der Waals surface area (Å²) in [5.41, 5.74) is 1.15. The van der Waals surface area contributed by atoms with Crippen molar-refractivity contribution in [1.82, 2.24) is 5.32 Å². The summed E-state index contributed by atoms with van der Waals surface area (Å²) in [4.78, 5) is 0. The highest BCUT2D eigenvalue weighted by atomic mass is 31.0. The molecule has 0 saturated heterocycles. The van der Waals surface area contributed by atoms with E-state index >= 15 is 0 Å². The smallest absolute Gasteiger partial charge is 0.141 e. The summed E-state index contributed by atoms with van der Waals surface area (Å²) in [7, 11) is 4.19. The van der Waals surface area contributed by atoms with Crippen LogP contribution in [-0.2, 0) is 9.26 Å². The Morgan fingerprint density at radius 1 is 1.29 bits per heavy atom. The summed E-state index contributed by atoms with van der Waals surface area (Å²) in [6.45, 7) is 0. The summed E-state index contributed by atoms with van der Waals surface area (Å²) >= 11 is 0. The van der Waals surface area contributed by atoms with E-state index in [4.69, 9.17) is 9.26 Å². The summed E-state index contributed by atoms with van der Waals surface area (Å²) in [6, 6.07) is 10.2. The molecule has 0 heterocycles. The molecule has 3 unspecified atom stereocenters. The fourth-order valence-electron chi connectivity index (χ4n) is 1.97. The van der Waals surface area contributed by atoms with Crippen molar-refractivity contribution in [3.05, 3.63) is 35.9 Å². The van der Waals surface area contributed by atoms with E-state index in [0.717, 1.165) is 18.4 Å². The minimum absolute atomic E-state index is 0.0519. The lowest BCUT2D eigenvalue weighted by Crippen LogP contribution is -2.37. The second-order valence-electron chi connectivity index (χ2n) is 4.37. The summed E-state index contributed by atoms with van der Waals surface area (Å²) < 4.78 is 11.5. The molecule has 1 saturated carbocycles. The van der Waals surface area contributed by atoms with Crippen LogP contribution in [0.4, 0.5) is 0 Å². The van der Waals surface area contributed by atoms with Crippen molar-refractivity contribution >= 4 is 9.47 Å². The van der Waals surface area contributed by atoms with Crippen LogP contribution >= 0.6 is 9.47 Å². The molecule has 1 fully saturated rings. The van der Waals surface area contributed by atoms with E-state index in [2.05, 4.69) is 26.9 Å². The molecule has 0 radical (unpaired) electrons. The minimum atomic E-state index is -0.136. The number of nitrogens with one attached hydrogen (secondary N) is 1. The molecule has 1 aliphatic rings. The van der Waals surface area contributed by atoms with Crippen molar-refractivity contribution in [1.29, 1.82) is 0 Å². The average molecular weight is 253 g/mol. The van der Waals surface area contributed by atoms with Crippen LogP contribution in [0.3, 0.4) is 0 Å². The lowest BCUT2D eigenvalue weighted by atomic mass is 9.95. The first-order valence-corrected chi connectivity index (χ1v) is 6.55. The van der Waals surface area contributed by atoms with Crippen molar-refractivity contribution in [2.45, 2.75) is 37.7 Å². The Hall–Kier alpha value is -0.470. The number of ether oxygens (including phenoxy) is 1. The number of hydrogen-bond donors (Lipinski definition) is 1. The SMILES string of the molecule is CNC(OP)C(OC1CCC1)c1ccccc1. The predicted octanol–water partition coefficient (Wildman–Crippen LogP) is 2.65. The van der Waals surface area contributed by atoms with Gasteiger partial charge in [-0.15, -0.1) is 0 Å². The minimum Gasteiger partial charge on any atom is -0.366 e. The van der Waals surface area contributed by atoms with Crippen LogP contribution in [0.25, 0.3) is 0 Å². The average Bonchev–Trinajstić information content (AvgIpc) is 2.33. The van der Waals surface area contributed by atoms with E-state index in [9.17, 15) is 0 Å². The topological polar surface area (TPSA) is 30.5 Å². The first-order valence-electron chi connectivity index (χ1n) is 6.08. The molecule has 94 valence electrons. The van der Waals surface area contributed by atoms with Crippen LogP contribution in [0.1, 0.15) is 30.9 Å². The number of hydrogen-bond acceptors (Lipinski definition) is 3. The Balaban J connectivity index is 2.10. The molecule has 0 bridgehead atoms. The molecule has 1 aliphatic carbocycles. The third-order valence-electron chi connectivity index (χ3n) is 3.23. The molecule has 0 aliphatic heterocycles. The molecule has 2 rings (SSSR count). The van der Waals surface area contributed by atoms with Crippen LogP contribution in [0.2, 0.25) is 0 Å². The lowest BCUT2D eigenvalue weighted by Gasteiger charge is -2.34. The van der Waals surface area contributed by atoms with Crippen molar-refractivity contribution in [2.24, 2.45) is 0 Å². The van der Waals surface area contributed by atoms with Gasteiger partial charge in [0.2, 0.25) is 0 Å². The highest BCUT2D eigenvalue weighted by molar-refractivity contribution is 7.09. The van der Waals surface area contributed by atoms with E-state index in [1.54, 1.807) is 0 Å². The lowest BCUT2D eigenvalue weighted by molar-refractivity contribution is -0.100. The van der Waals surface area contributed by atoms with Gasteiger partial charge in [-0.25, -0.2) is 0 Å². The molecule has 1 N–H and O–H groups in total. The number of likely N-dealkylation sites (N-methyl/N-ethyl adjacent to an activating group) is 1. The van der Waals surface area contributed by atoms with Crippen LogP contribution in [-0.4, -0.2) is 19.4 Å². The first-order chi connectivity index (χ1) is 8.35. The highest BCUT2D eigenvalue weighted by Gasteiger charge is 2.28. The third-order valence-corrected chi connectivity index (χ3v) is 3.52. The van der Waals surface area contributed by atoms with Gasteiger partial charge < -0.3 is 9.26 Å². The molecule has 17 heavy (non-hydrogen) atoms. The van der Waals surface area contributed by atoms with Gasteiger partial charge in [0.05, 0.1) is 6.10 Å². The van der Waals surface area contributed by atoms with Gasteiger partial charge in [-0.1, -0.05) is 30.3 Å². The van der Waals surface area contributed by atoms with Crippen LogP contribution in [0.5, 0.6) is 0 Å². The molecule has 3 nitrogen and oxygen atoms in total. The van der Waals surface area contributed by atoms with E-state index < -0.39 is 0 Å².